The van der Waals surface area contributed by atoms with Crippen LogP contribution in [0, 0.1) is 0 Å². The first kappa shape index (κ1) is 15.6. The average Bonchev–Trinajstić information content (AvgIpc) is 2.43. The number of benzene rings is 2. The maximum atomic E-state index is 11.1. The predicted molar refractivity (Wildman–Crippen MR) is 83.4 cm³/mol. The average molecular weight is 309 g/mol. The van der Waals surface area contributed by atoms with Gasteiger partial charge >= 0.3 is 0 Å². The van der Waals surface area contributed by atoms with E-state index >= 15 is 0 Å². The molecule has 2 aromatic carbocycles. The van der Waals surface area contributed by atoms with Crippen molar-refractivity contribution < 1.29 is 18.1 Å². The van der Waals surface area contributed by atoms with Crippen LogP contribution in [0.5, 0.6) is 5.75 Å². The summed E-state index contributed by atoms with van der Waals surface area (Å²) < 4.78 is 31.3. The third kappa shape index (κ3) is 3.86. The molecule has 0 fully saturated rings. The molecule has 2 rings (SSSR count). The highest BCUT2D eigenvalue weighted by atomic mass is 32.2. The lowest BCUT2D eigenvalue weighted by Crippen LogP contribution is -2.01. The van der Waals surface area contributed by atoms with E-state index in [-0.39, 0.29) is 10.6 Å². The number of phenols is 1. The summed E-state index contributed by atoms with van der Waals surface area (Å²) in [5.41, 5.74) is 0.869. The van der Waals surface area contributed by atoms with Gasteiger partial charge in [0.25, 0.3) is 10.1 Å². The Balaban J connectivity index is 2.30. The zero-order valence-electron chi connectivity index (χ0n) is 11.8. The molecule has 5 nitrogen and oxygen atoms in total. The molecule has 0 unspecified atom stereocenters. The zero-order valence-corrected chi connectivity index (χ0v) is 12.7. The van der Waals surface area contributed by atoms with Gasteiger partial charge in [-0.2, -0.15) is 8.42 Å². The lowest BCUT2D eigenvalue weighted by atomic mass is 10.1. The van der Waals surface area contributed by atoms with E-state index in [1.165, 1.54) is 6.07 Å². The molecule has 21 heavy (non-hydrogen) atoms. The van der Waals surface area contributed by atoms with Crippen molar-refractivity contribution in [2.45, 2.75) is 31.1 Å². The number of hydrogen-bond acceptors (Lipinski definition) is 4. The summed E-state index contributed by atoms with van der Waals surface area (Å²) in [6, 6.07) is 7.70. The Hall–Kier alpha value is -1.79. The second-order valence-corrected chi connectivity index (χ2v) is 6.41. The first-order valence-corrected chi connectivity index (χ1v) is 8.34. The van der Waals surface area contributed by atoms with Gasteiger partial charge in [-0.15, -0.1) is 0 Å². The van der Waals surface area contributed by atoms with Gasteiger partial charge in [-0.25, -0.2) is 0 Å². The molecule has 0 saturated heterocycles. The molecule has 3 N–H and O–H groups in total. The fourth-order valence-corrected chi connectivity index (χ4v) is 2.71. The minimum Gasteiger partial charge on any atom is -0.507 e. The number of phenolic OH excluding ortho intramolecular Hbond substituents is 1. The molecule has 0 aromatic heterocycles. The largest absolute Gasteiger partial charge is 0.507 e. The molecular weight excluding hydrogens is 290 g/mol. The second kappa shape index (κ2) is 6.32. The van der Waals surface area contributed by atoms with Crippen molar-refractivity contribution in [2.24, 2.45) is 0 Å². The zero-order chi connectivity index (χ0) is 15.5. The normalized spacial score (nSPS) is 11.7. The van der Waals surface area contributed by atoms with Gasteiger partial charge in [-0.1, -0.05) is 25.8 Å². The van der Waals surface area contributed by atoms with E-state index in [4.69, 9.17) is 4.55 Å². The van der Waals surface area contributed by atoms with Crippen LogP contribution in [0.3, 0.4) is 0 Å². The van der Waals surface area contributed by atoms with E-state index in [1.807, 2.05) is 6.07 Å². The molecule has 0 saturated carbocycles. The Kier molecular flexibility index (Phi) is 4.69. The topological polar surface area (TPSA) is 86.6 Å². The smallest absolute Gasteiger partial charge is 0.294 e. The summed E-state index contributed by atoms with van der Waals surface area (Å²) in [6.45, 7) is 2.99. The van der Waals surface area contributed by atoms with Crippen molar-refractivity contribution in [3.8, 4) is 5.75 Å². The summed E-state index contributed by atoms with van der Waals surface area (Å²) >= 11 is 0. The summed E-state index contributed by atoms with van der Waals surface area (Å²) in [5, 5.41) is 14.3. The summed E-state index contributed by atoms with van der Waals surface area (Å²) in [6.07, 6.45) is 3.38. The Bertz CT molecular complexity index is 741. The number of unbranched alkanes of at least 4 members (excludes halogenated alkanes) is 2. The summed E-state index contributed by atoms with van der Waals surface area (Å²) in [4.78, 5) is -0.309. The molecule has 0 heterocycles. The van der Waals surface area contributed by atoms with Gasteiger partial charge in [0.05, 0.1) is 4.90 Å². The monoisotopic (exact) mass is 309 g/mol. The van der Waals surface area contributed by atoms with Crippen LogP contribution < -0.4 is 5.32 Å². The minimum absolute atomic E-state index is 0.169. The number of anilines is 1. The van der Waals surface area contributed by atoms with Gasteiger partial charge in [-0.3, -0.25) is 4.55 Å². The second-order valence-electron chi connectivity index (χ2n) is 4.99. The van der Waals surface area contributed by atoms with Crippen LogP contribution in [0.1, 0.15) is 26.2 Å². The lowest BCUT2D eigenvalue weighted by molar-refractivity contribution is 0.471. The number of nitrogens with one attached hydrogen (secondary N) is 1. The number of aromatic hydroxyl groups is 1. The molecule has 0 aliphatic heterocycles. The van der Waals surface area contributed by atoms with E-state index in [2.05, 4.69) is 12.2 Å². The third-order valence-corrected chi connectivity index (χ3v) is 4.14. The number of hydrogen-bond donors (Lipinski definition) is 3. The molecular formula is C15H19NO4S. The van der Waals surface area contributed by atoms with Gasteiger partial charge in [0.2, 0.25) is 0 Å². The van der Waals surface area contributed by atoms with E-state index in [0.29, 0.717) is 10.8 Å². The van der Waals surface area contributed by atoms with E-state index in [1.54, 1.807) is 12.1 Å². The van der Waals surface area contributed by atoms with Crippen molar-refractivity contribution in [3.05, 3.63) is 30.3 Å². The first-order valence-electron chi connectivity index (χ1n) is 6.90. The maximum Gasteiger partial charge on any atom is 0.294 e. The molecule has 0 aliphatic rings. The first-order chi connectivity index (χ1) is 9.91. The molecule has 0 atom stereocenters. The molecule has 114 valence electrons. The van der Waals surface area contributed by atoms with Gasteiger partial charge in [-0.05, 0) is 30.0 Å². The van der Waals surface area contributed by atoms with E-state index < -0.39 is 10.1 Å². The third-order valence-electron chi connectivity index (χ3n) is 3.31. The van der Waals surface area contributed by atoms with E-state index in [0.717, 1.165) is 37.6 Å². The molecule has 0 spiro atoms. The molecule has 0 radical (unpaired) electrons. The highest BCUT2D eigenvalue weighted by Gasteiger charge is 2.13. The molecule has 2 aromatic rings. The van der Waals surface area contributed by atoms with Crippen LogP contribution in [0.4, 0.5) is 5.69 Å². The Labute approximate surface area is 124 Å². The lowest BCUT2D eigenvalue weighted by Gasteiger charge is -2.09. The van der Waals surface area contributed by atoms with Crippen molar-refractivity contribution in [1.82, 2.24) is 0 Å². The Morgan fingerprint density at radius 2 is 1.90 bits per heavy atom. The molecule has 0 aliphatic carbocycles. The molecule has 0 amide bonds. The van der Waals surface area contributed by atoms with Gasteiger partial charge in [0.15, 0.2) is 0 Å². The standard InChI is InChI=1S/C15H19NO4S/c1-2-3-4-7-16-12-6-5-11-8-13(21(18,19)20)10-15(17)14(11)9-12/h5-6,8-10,16-17H,2-4,7H2,1H3,(H,18,19,20). The Morgan fingerprint density at radius 1 is 1.14 bits per heavy atom. The van der Waals surface area contributed by atoms with Crippen LogP contribution in [-0.4, -0.2) is 24.6 Å². The summed E-state index contributed by atoms with van der Waals surface area (Å²) in [5.74, 6) is -0.169. The van der Waals surface area contributed by atoms with E-state index in [9.17, 15) is 13.5 Å². The van der Waals surface area contributed by atoms with Crippen molar-refractivity contribution >= 4 is 26.6 Å². The van der Waals surface area contributed by atoms with Crippen molar-refractivity contribution in [3.63, 3.8) is 0 Å². The fraction of sp³-hybridized carbons (Fsp3) is 0.333. The van der Waals surface area contributed by atoms with Crippen molar-refractivity contribution in [2.75, 3.05) is 11.9 Å². The van der Waals surface area contributed by atoms with Crippen LogP contribution >= 0.6 is 0 Å². The minimum atomic E-state index is -4.32. The highest BCUT2D eigenvalue weighted by molar-refractivity contribution is 7.85. The SMILES string of the molecule is CCCCCNc1ccc2cc(S(=O)(=O)O)cc(O)c2c1. The quantitative estimate of drug-likeness (QED) is 0.562. The predicted octanol–water partition coefficient (Wildman–Crippen LogP) is 3.39. The van der Waals surface area contributed by atoms with Crippen LogP contribution in [0.15, 0.2) is 35.2 Å². The van der Waals surface area contributed by atoms with Crippen LogP contribution in [-0.2, 0) is 10.1 Å². The van der Waals surface area contributed by atoms with Crippen LogP contribution in [0.25, 0.3) is 10.8 Å². The van der Waals surface area contributed by atoms with Gasteiger partial charge in [0.1, 0.15) is 5.75 Å². The van der Waals surface area contributed by atoms with Crippen LogP contribution in [0.2, 0.25) is 0 Å². The Morgan fingerprint density at radius 3 is 2.57 bits per heavy atom. The summed E-state index contributed by atoms with van der Waals surface area (Å²) in [7, 11) is -4.32. The van der Waals surface area contributed by atoms with Crippen molar-refractivity contribution in [1.29, 1.82) is 0 Å². The molecule has 0 bridgehead atoms. The molecule has 6 heteroatoms. The highest BCUT2D eigenvalue weighted by Crippen LogP contribution is 2.30. The number of rotatable bonds is 6. The van der Waals surface area contributed by atoms with Gasteiger partial charge in [0, 0.05) is 23.7 Å². The maximum absolute atomic E-state index is 11.1. The van der Waals surface area contributed by atoms with Gasteiger partial charge < -0.3 is 10.4 Å². The fourth-order valence-electron chi connectivity index (χ4n) is 2.18. The number of fused-ring (bicyclic) bond motifs is 1.